The van der Waals surface area contributed by atoms with Crippen molar-refractivity contribution in [2.75, 3.05) is 45.2 Å². The van der Waals surface area contributed by atoms with Crippen LogP contribution in [0.25, 0.3) is 11.3 Å². The molecule has 8 heteroatoms. The maximum atomic E-state index is 13.6. The molecular weight excluding hydrogens is 337 g/mol. The Hall–Kier alpha value is -2.74. The summed E-state index contributed by atoms with van der Waals surface area (Å²) in [6.07, 6.45) is 1.34. The van der Waals surface area contributed by atoms with E-state index >= 15 is 0 Å². The van der Waals surface area contributed by atoms with Gasteiger partial charge in [0.15, 0.2) is 0 Å². The molecule has 0 bridgehead atoms. The fourth-order valence-corrected chi connectivity index (χ4v) is 2.91. The first kappa shape index (κ1) is 18.1. The third kappa shape index (κ3) is 4.08. The molecule has 2 amide bonds. The Labute approximate surface area is 151 Å². The van der Waals surface area contributed by atoms with Gasteiger partial charge in [0.2, 0.25) is 0 Å². The van der Waals surface area contributed by atoms with Crippen molar-refractivity contribution in [3.8, 4) is 17.0 Å². The summed E-state index contributed by atoms with van der Waals surface area (Å²) in [6, 6.07) is 5.62. The first-order chi connectivity index (χ1) is 12.6. The number of hydrogen-bond acceptors (Lipinski definition) is 5. The van der Waals surface area contributed by atoms with Crippen LogP contribution in [-0.2, 0) is 0 Å². The van der Waals surface area contributed by atoms with Gasteiger partial charge in [0, 0.05) is 37.8 Å². The molecule has 0 unspecified atom stereocenters. The van der Waals surface area contributed by atoms with Crippen LogP contribution in [0.3, 0.4) is 0 Å². The lowest BCUT2D eigenvalue weighted by Crippen LogP contribution is -2.49. The van der Waals surface area contributed by atoms with Crippen molar-refractivity contribution in [2.24, 2.45) is 0 Å². The molecule has 1 N–H and O–H groups in total. The first-order valence-corrected chi connectivity index (χ1v) is 8.55. The van der Waals surface area contributed by atoms with Gasteiger partial charge in [-0.15, -0.1) is 0 Å². The number of amides is 2. The molecule has 0 spiro atoms. The second-order valence-corrected chi connectivity index (χ2v) is 5.98. The molecule has 1 aliphatic rings. The lowest BCUT2D eigenvalue weighted by molar-refractivity contribution is 0.151. The zero-order valence-corrected chi connectivity index (χ0v) is 14.9. The maximum Gasteiger partial charge on any atom is 0.323 e. The summed E-state index contributed by atoms with van der Waals surface area (Å²) >= 11 is 0. The van der Waals surface area contributed by atoms with Crippen LogP contribution in [0.15, 0.2) is 30.6 Å². The molecule has 0 atom stereocenters. The predicted octanol–water partition coefficient (Wildman–Crippen LogP) is 2.46. The van der Waals surface area contributed by atoms with Crippen LogP contribution in [0, 0.1) is 5.82 Å². The Morgan fingerprint density at radius 1 is 1.23 bits per heavy atom. The SMILES string of the molecule is CCN1CCN(C(=O)Nc2cc(-c3cc(F)ccc3OC)ncn2)CC1. The van der Waals surface area contributed by atoms with E-state index in [0.29, 0.717) is 35.9 Å². The van der Waals surface area contributed by atoms with E-state index in [9.17, 15) is 9.18 Å². The third-order valence-electron chi connectivity index (χ3n) is 4.45. The molecule has 138 valence electrons. The van der Waals surface area contributed by atoms with Crippen LogP contribution in [0.1, 0.15) is 6.92 Å². The normalized spacial score (nSPS) is 15.0. The van der Waals surface area contributed by atoms with E-state index in [4.69, 9.17) is 4.74 Å². The number of likely N-dealkylation sites (N-methyl/N-ethyl adjacent to an activating group) is 1. The summed E-state index contributed by atoms with van der Waals surface area (Å²) in [5, 5.41) is 2.79. The van der Waals surface area contributed by atoms with Crippen molar-refractivity contribution in [3.63, 3.8) is 0 Å². The lowest BCUT2D eigenvalue weighted by Gasteiger charge is -2.33. The van der Waals surface area contributed by atoms with E-state index < -0.39 is 5.82 Å². The molecule has 26 heavy (non-hydrogen) atoms. The number of carbonyl (C=O) groups excluding carboxylic acids is 1. The molecule has 3 rings (SSSR count). The predicted molar refractivity (Wildman–Crippen MR) is 96.7 cm³/mol. The molecule has 7 nitrogen and oxygen atoms in total. The third-order valence-corrected chi connectivity index (χ3v) is 4.45. The highest BCUT2D eigenvalue weighted by Gasteiger charge is 2.20. The van der Waals surface area contributed by atoms with Gasteiger partial charge in [-0.25, -0.2) is 19.2 Å². The van der Waals surface area contributed by atoms with Gasteiger partial charge in [-0.05, 0) is 24.7 Å². The number of benzene rings is 1. The number of anilines is 1. The number of carbonyl (C=O) groups is 1. The minimum Gasteiger partial charge on any atom is -0.496 e. The average Bonchev–Trinajstić information content (AvgIpc) is 2.68. The van der Waals surface area contributed by atoms with Crippen molar-refractivity contribution in [1.29, 1.82) is 0 Å². The summed E-state index contributed by atoms with van der Waals surface area (Å²) in [7, 11) is 1.51. The number of nitrogens with zero attached hydrogens (tertiary/aromatic N) is 4. The van der Waals surface area contributed by atoms with Gasteiger partial charge in [0.25, 0.3) is 0 Å². The van der Waals surface area contributed by atoms with Crippen LogP contribution in [-0.4, -0.2) is 65.6 Å². The Morgan fingerprint density at radius 2 is 2.00 bits per heavy atom. The minimum atomic E-state index is -0.390. The van der Waals surface area contributed by atoms with Crippen LogP contribution in [0.2, 0.25) is 0 Å². The molecule has 2 heterocycles. The van der Waals surface area contributed by atoms with Gasteiger partial charge >= 0.3 is 6.03 Å². The maximum absolute atomic E-state index is 13.6. The summed E-state index contributed by atoms with van der Waals surface area (Å²) in [5.41, 5.74) is 0.976. The van der Waals surface area contributed by atoms with Crippen molar-refractivity contribution in [3.05, 3.63) is 36.4 Å². The highest BCUT2D eigenvalue weighted by atomic mass is 19.1. The molecule has 1 aromatic heterocycles. The van der Waals surface area contributed by atoms with Gasteiger partial charge in [-0.3, -0.25) is 5.32 Å². The number of methoxy groups -OCH3 is 1. The van der Waals surface area contributed by atoms with Gasteiger partial charge in [-0.1, -0.05) is 6.92 Å². The smallest absolute Gasteiger partial charge is 0.323 e. The van der Waals surface area contributed by atoms with Gasteiger partial charge in [0.05, 0.1) is 12.8 Å². The van der Waals surface area contributed by atoms with Crippen molar-refractivity contribution in [2.45, 2.75) is 6.92 Å². The summed E-state index contributed by atoms with van der Waals surface area (Å²) in [6.45, 7) is 6.17. The number of nitrogens with one attached hydrogen (secondary N) is 1. The molecule has 2 aromatic rings. The molecule has 0 saturated carbocycles. The Kier molecular flexibility index (Phi) is 5.62. The quantitative estimate of drug-likeness (QED) is 0.908. The van der Waals surface area contributed by atoms with Crippen LogP contribution in [0.5, 0.6) is 5.75 Å². The molecule has 0 aliphatic carbocycles. The number of urea groups is 1. The molecule has 1 aliphatic heterocycles. The van der Waals surface area contributed by atoms with E-state index in [1.807, 2.05) is 0 Å². The van der Waals surface area contributed by atoms with Gasteiger partial charge < -0.3 is 14.5 Å². The van der Waals surface area contributed by atoms with Crippen LogP contribution in [0.4, 0.5) is 15.0 Å². The first-order valence-electron chi connectivity index (χ1n) is 8.55. The molecule has 1 aromatic carbocycles. The molecule has 1 fully saturated rings. The number of halogens is 1. The highest BCUT2D eigenvalue weighted by Crippen LogP contribution is 2.29. The minimum absolute atomic E-state index is 0.198. The Balaban J connectivity index is 1.74. The number of aromatic nitrogens is 2. The zero-order valence-electron chi connectivity index (χ0n) is 14.9. The molecule has 1 saturated heterocycles. The number of rotatable bonds is 4. The second-order valence-electron chi connectivity index (χ2n) is 5.98. The van der Waals surface area contributed by atoms with E-state index in [2.05, 4.69) is 27.1 Å². The summed E-state index contributed by atoms with van der Waals surface area (Å²) in [5.74, 6) is 0.473. The molecular formula is C18H22FN5O2. The second kappa shape index (κ2) is 8.09. The van der Waals surface area contributed by atoms with Crippen molar-refractivity contribution in [1.82, 2.24) is 19.8 Å². The fourth-order valence-electron chi connectivity index (χ4n) is 2.91. The van der Waals surface area contributed by atoms with Crippen molar-refractivity contribution >= 4 is 11.8 Å². The standard InChI is InChI=1S/C18H22FN5O2/c1-3-23-6-8-24(9-7-23)18(25)22-17-11-15(20-12-21-17)14-10-13(19)4-5-16(14)26-2/h4-5,10-12H,3,6-9H2,1-2H3,(H,20,21,22,25). The molecule has 0 radical (unpaired) electrons. The van der Waals surface area contributed by atoms with Gasteiger partial charge in [-0.2, -0.15) is 0 Å². The Morgan fingerprint density at radius 3 is 2.69 bits per heavy atom. The summed E-state index contributed by atoms with van der Waals surface area (Å²) in [4.78, 5) is 24.8. The largest absolute Gasteiger partial charge is 0.496 e. The van der Waals surface area contributed by atoms with E-state index in [1.54, 1.807) is 11.0 Å². The van der Waals surface area contributed by atoms with E-state index in [1.165, 1.54) is 31.6 Å². The van der Waals surface area contributed by atoms with E-state index in [0.717, 1.165) is 19.6 Å². The Bertz CT molecular complexity index is 778. The average molecular weight is 359 g/mol. The van der Waals surface area contributed by atoms with Crippen LogP contribution < -0.4 is 10.1 Å². The topological polar surface area (TPSA) is 70.6 Å². The number of hydrogen-bond donors (Lipinski definition) is 1. The summed E-state index contributed by atoms with van der Waals surface area (Å²) < 4.78 is 18.9. The zero-order chi connectivity index (χ0) is 18.5. The van der Waals surface area contributed by atoms with Gasteiger partial charge in [0.1, 0.15) is 23.7 Å². The number of piperazine rings is 1. The number of ether oxygens (including phenoxy) is 1. The monoisotopic (exact) mass is 359 g/mol. The highest BCUT2D eigenvalue weighted by molar-refractivity contribution is 5.89. The van der Waals surface area contributed by atoms with E-state index in [-0.39, 0.29) is 6.03 Å². The van der Waals surface area contributed by atoms with Crippen LogP contribution >= 0.6 is 0 Å². The van der Waals surface area contributed by atoms with Crippen molar-refractivity contribution < 1.29 is 13.9 Å². The lowest BCUT2D eigenvalue weighted by atomic mass is 10.1. The fraction of sp³-hybridized carbons (Fsp3) is 0.389.